The van der Waals surface area contributed by atoms with Crippen molar-refractivity contribution in [2.75, 3.05) is 12.4 Å². The topological polar surface area (TPSA) is 78.7 Å². The number of rotatable bonds is 7. The number of nitro benzene ring substituents is 1. The van der Waals surface area contributed by atoms with Gasteiger partial charge in [-0.3, -0.25) is 14.9 Å². The van der Waals surface area contributed by atoms with Crippen molar-refractivity contribution in [1.29, 1.82) is 0 Å². The van der Waals surface area contributed by atoms with Gasteiger partial charge in [-0.1, -0.05) is 12.1 Å². The summed E-state index contributed by atoms with van der Waals surface area (Å²) in [5, 5.41) is 11.0. The maximum atomic E-state index is 12.7. The molecule has 0 atom stereocenters. The third-order valence-corrected chi connectivity index (χ3v) is 4.24. The highest BCUT2D eigenvalue weighted by Crippen LogP contribution is 2.36. The zero-order valence-corrected chi connectivity index (χ0v) is 14.8. The van der Waals surface area contributed by atoms with E-state index in [1.807, 2.05) is 0 Å². The molecule has 0 saturated heterocycles. The van der Waals surface area contributed by atoms with Crippen LogP contribution in [0.5, 0.6) is 11.5 Å². The number of carbonyl (C=O) groups excluding carboxylic acids is 1. The lowest BCUT2D eigenvalue weighted by Gasteiger charge is -2.10. The Bertz CT molecular complexity index is 842. The normalized spacial score (nSPS) is 11.1. The van der Waals surface area contributed by atoms with E-state index in [-0.39, 0.29) is 16.4 Å². The van der Waals surface area contributed by atoms with E-state index in [1.165, 1.54) is 6.07 Å². The highest BCUT2D eigenvalue weighted by molar-refractivity contribution is 8.00. The summed E-state index contributed by atoms with van der Waals surface area (Å²) in [5.41, 5.74) is -1.86. The number of ether oxygens (including phenoxy) is 2. The van der Waals surface area contributed by atoms with Crippen LogP contribution >= 0.6 is 11.8 Å². The Morgan fingerprint density at radius 3 is 2.44 bits per heavy atom. The first kappa shape index (κ1) is 20.6. The summed E-state index contributed by atoms with van der Waals surface area (Å²) in [4.78, 5) is 22.1. The number of para-hydroxylation sites is 2. The summed E-state index contributed by atoms with van der Waals surface area (Å²) < 4.78 is 48.6. The van der Waals surface area contributed by atoms with E-state index in [0.29, 0.717) is 30.2 Å². The molecule has 0 aliphatic carbocycles. The highest BCUT2D eigenvalue weighted by Gasteiger charge is 2.33. The van der Waals surface area contributed by atoms with Crippen molar-refractivity contribution in [3.8, 4) is 11.5 Å². The van der Waals surface area contributed by atoms with Crippen LogP contribution in [0.15, 0.2) is 47.4 Å². The van der Waals surface area contributed by atoms with Crippen molar-refractivity contribution in [2.24, 2.45) is 0 Å². The molecule has 10 heteroatoms. The van der Waals surface area contributed by atoms with Crippen molar-refractivity contribution >= 4 is 23.4 Å². The lowest BCUT2D eigenvalue weighted by molar-refractivity contribution is -0.388. The van der Waals surface area contributed by atoms with Crippen LogP contribution in [0.25, 0.3) is 0 Å². The van der Waals surface area contributed by atoms with Crippen molar-refractivity contribution in [1.82, 2.24) is 0 Å². The van der Waals surface area contributed by atoms with Crippen LogP contribution in [0.3, 0.4) is 0 Å². The zero-order chi connectivity index (χ0) is 20.0. The van der Waals surface area contributed by atoms with E-state index in [9.17, 15) is 28.1 Å². The molecule has 144 valence electrons. The Morgan fingerprint density at radius 2 is 1.85 bits per heavy atom. The third kappa shape index (κ3) is 5.61. The smallest absolute Gasteiger partial charge is 0.416 e. The van der Waals surface area contributed by atoms with Gasteiger partial charge >= 0.3 is 12.1 Å². The number of alkyl halides is 3. The minimum absolute atomic E-state index is 0.0666. The molecule has 6 nitrogen and oxygen atoms in total. The second-order valence-electron chi connectivity index (χ2n) is 5.08. The number of nitro groups is 1. The molecule has 0 saturated carbocycles. The summed E-state index contributed by atoms with van der Waals surface area (Å²) >= 11 is 0.717. The first-order chi connectivity index (χ1) is 12.7. The molecule has 0 aliphatic rings. The number of esters is 1. The maximum Gasteiger partial charge on any atom is 0.416 e. The van der Waals surface area contributed by atoms with Gasteiger partial charge in [-0.25, -0.2) is 0 Å². The van der Waals surface area contributed by atoms with Gasteiger partial charge in [0.05, 0.1) is 27.7 Å². The molecule has 0 heterocycles. The Kier molecular flexibility index (Phi) is 6.67. The minimum atomic E-state index is -4.70. The lowest BCUT2D eigenvalue weighted by Crippen LogP contribution is -2.12. The highest BCUT2D eigenvalue weighted by atomic mass is 32.2. The van der Waals surface area contributed by atoms with Gasteiger partial charge in [-0.2, -0.15) is 13.2 Å². The van der Waals surface area contributed by atoms with E-state index >= 15 is 0 Å². The summed E-state index contributed by atoms with van der Waals surface area (Å²) in [6.07, 6.45) is -4.70. The average molecular weight is 401 g/mol. The standard InChI is InChI=1S/C17H14F3NO5S/c1-2-25-13-5-3-4-6-14(13)26-16(22)10-27-15-8-7-11(17(18,19)20)9-12(15)21(23)24/h3-9H,2,10H2,1H3. The quantitative estimate of drug-likeness (QED) is 0.220. The van der Waals surface area contributed by atoms with E-state index in [4.69, 9.17) is 9.47 Å². The Hall–Kier alpha value is -2.75. The SMILES string of the molecule is CCOc1ccccc1OC(=O)CSc1ccc(C(F)(F)F)cc1[N+](=O)[O-]. The summed E-state index contributed by atoms with van der Waals surface area (Å²) in [6, 6.07) is 8.60. The van der Waals surface area contributed by atoms with Gasteiger partial charge in [0.15, 0.2) is 11.5 Å². The van der Waals surface area contributed by atoms with Crippen molar-refractivity contribution < 1.29 is 32.4 Å². The minimum Gasteiger partial charge on any atom is -0.490 e. The van der Waals surface area contributed by atoms with Gasteiger partial charge in [0.1, 0.15) is 0 Å². The predicted molar refractivity (Wildman–Crippen MR) is 92.1 cm³/mol. The van der Waals surface area contributed by atoms with E-state index in [2.05, 4.69) is 0 Å². The molecule has 27 heavy (non-hydrogen) atoms. The molecular weight excluding hydrogens is 387 g/mol. The zero-order valence-electron chi connectivity index (χ0n) is 14.0. The molecule has 0 amide bonds. The molecule has 0 unspecified atom stereocenters. The first-order valence-corrected chi connectivity index (χ1v) is 8.62. The monoisotopic (exact) mass is 401 g/mol. The molecule has 0 radical (unpaired) electrons. The number of benzene rings is 2. The first-order valence-electron chi connectivity index (χ1n) is 7.63. The average Bonchev–Trinajstić information content (AvgIpc) is 2.61. The molecule has 0 spiro atoms. The number of halogens is 3. The lowest BCUT2D eigenvalue weighted by atomic mass is 10.2. The van der Waals surface area contributed by atoms with Gasteiger partial charge < -0.3 is 9.47 Å². The van der Waals surface area contributed by atoms with Crippen molar-refractivity contribution in [2.45, 2.75) is 18.0 Å². The van der Waals surface area contributed by atoms with Crippen LogP contribution in [0, 0.1) is 10.1 Å². The van der Waals surface area contributed by atoms with Crippen LogP contribution < -0.4 is 9.47 Å². The molecule has 0 aliphatic heterocycles. The fourth-order valence-corrected chi connectivity index (χ4v) is 2.83. The molecule has 0 N–H and O–H groups in total. The maximum absolute atomic E-state index is 12.7. The molecule has 0 aromatic heterocycles. The van der Waals surface area contributed by atoms with Gasteiger partial charge in [0.25, 0.3) is 5.69 Å². The fraction of sp³-hybridized carbons (Fsp3) is 0.235. The van der Waals surface area contributed by atoms with Gasteiger partial charge in [-0.15, -0.1) is 11.8 Å². The third-order valence-electron chi connectivity index (χ3n) is 3.20. The molecule has 2 rings (SSSR count). The molecule has 2 aromatic rings. The Balaban J connectivity index is 2.10. The van der Waals surface area contributed by atoms with Crippen LogP contribution in [-0.4, -0.2) is 23.3 Å². The van der Waals surface area contributed by atoms with E-state index in [0.717, 1.165) is 12.1 Å². The van der Waals surface area contributed by atoms with E-state index in [1.54, 1.807) is 25.1 Å². The largest absolute Gasteiger partial charge is 0.490 e. The van der Waals surface area contributed by atoms with E-state index < -0.39 is 28.3 Å². The van der Waals surface area contributed by atoms with Crippen molar-refractivity contribution in [3.05, 3.63) is 58.1 Å². The number of nitrogens with zero attached hydrogens (tertiary/aromatic N) is 1. The second kappa shape index (κ2) is 8.76. The van der Waals surface area contributed by atoms with Crippen LogP contribution in [0.2, 0.25) is 0 Å². The number of hydrogen-bond acceptors (Lipinski definition) is 6. The predicted octanol–water partition coefficient (Wildman–Crippen LogP) is 4.71. The van der Waals surface area contributed by atoms with Gasteiger partial charge in [-0.05, 0) is 31.2 Å². The van der Waals surface area contributed by atoms with Gasteiger partial charge in [0.2, 0.25) is 0 Å². The van der Waals surface area contributed by atoms with Crippen LogP contribution in [0.4, 0.5) is 18.9 Å². The molecule has 0 bridgehead atoms. The fourth-order valence-electron chi connectivity index (χ4n) is 2.06. The van der Waals surface area contributed by atoms with Gasteiger partial charge in [0, 0.05) is 6.07 Å². The Morgan fingerprint density at radius 1 is 1.19 bits per heavy atom. The number of hydrogen-bond donors (Lipinski definition) is 0. The van der Waals surface area contributed by atoms with Crippen molar-refractivity contribution in [3.63, 3.8) is 0 Å². The Labute approximate surface area is 156 Å². The number of thioether (sulfide) groups is 1. The number of carbonyl (C=O) groups is 1. The molecular formula is C17H14F3NO5S. The summed E-state index contributed by atoms with van der Waals surface area (Å²) in [5.74, 6) is -0.501. The summed E-state index contributed by atoms with van der Waals surface area (Å²) in [6.45, 7) is 2.12. The molecule has 2 aromatic carbocycles. The van der Waals surface area contributed by atoms with Crippen LogP contribution in [-0.2, 0) is 11.0 Å². The van der Waals surface area contributed by atoms with Crippen LogP contribution in [0.1, 0.15) is 12.5 Å². The summed E-state index contributed by atoms with van der Waals surface area (Å²) in [7, 11) is 0. The second-order valence-corrected chi connectivity index (χ2v) is 6.10. The molecule has 0 fully saturated rings.